The molecule has 0 spiro atoms. The first-order valence-corrected chi connectivity index (χ1v) is 13.4. The van der Waals surface area contributed by atoms with Gasteiger partial charge in [0, 0.05) is 20.1 Å². The zero-order chi connectivity index (χ0) is 26.7. The molecule has 1 N–H and O–H groups in total. The van der Waals surface area contributed by atoms with Crippen LogP contribution in [0.5, 0.6) is 0 Å². The van der Waals surface area contributed by atoms with Crippen LogP contribution in [0, 0.1) is 5.82 Å². The molecule has 2 aromatic carbocycles. The number of para-hydroxylation sites is 3. The average Bonchev–Trinajstić information content (AvgIpc) is 3.50. The number of imidazole rings is 1. The molecule has 6 aromatic rings. The number of fused-ring (bicyclic) bond motifs is 6. The van der Waals surface area contributed by atoms with E-state index in [1.807, 2.05) is 65.0 Å². The first-order valence-electron chi connectivity index (χ1n) is 12.6. The molecule has 1 fully saturated rings. The maximum atomic E-state index is 15.4. The van der Waals surface area contributed by atoms with E-state index in [0.29, 0.717) is 42.6 Å². The highest BCUT2D eigenvalue weighted by molar-refractivity contribution is 7.24. The fourth-order valence-corrected chi connectivity index (χ4v) is 6.38. The van der Waals surface area contributed by atoms with E-state index in [4.69, 9.17) is 4.74 Å². The Labute approximate surface area is 225 Å². The third kappa shape index (κ3) is 3.76. The van der Waals surface area contributed by atoms with E-state index in [1.165, 1.54) is 17.4 Å². The second-order valence-corrected chi connectivity index (χ2v) is 10.5. The number of pyridine rings is 2. The van der Waals surface area contributed by atoms with Crippen molar-refractivity contribution in [3.8, 4) is 0 Å². The number of thiazole rings is 1. The number of amides is 1. The van der Waals surface area contributed by atoms with E-state index >= 15 is 4.39 Å². The van der Waals surface area contributed by atoms with Crippen LogP contribution >= 0.6 is 11.3 Å². The van der Waals surface area contributed by atoms with Gasteiger partial charge in [0.05, 0.1) is 46.4 Å². The summed E-state index contributed by atoms with van der Waals surface area (Å²) in [6.45, 7) is 2.07. The Bertz CT molecular complexity index is 1990. The number of hydrogen-bond donors (Lipinski definition) is 1. The molecule has 39 heavy (non-hydrogen) atoms. The van der Waals surface area contributed by atoms with Crippen LogP contribution in [0.2, 0.25) is 0 Å². The number of nitrogens with one attached hydrogen (secondary N) is 1. The SMILES string of the molecule is Cn1c(CNC(=O)c2c(=O)c3cc(F)c(N4CCOCC4)nc3n3c2sc2ccccc23)nc2ccccc21. The number of anilines is 1. The van der Waals surface area contributed by atoms with Gasteiger partial charge in [-0.15, -0.1) is 11.3 Å². The van der Waals surface area contributed by atoms with Crippen LogP contribution in [0.25, 0.3) is 37.1 Å². The van der Waals surface area contributed by atoms with E-state index in [0.717, 1.165) is 21.3 Å². The molecule has 5 heterocycles. The fourth-order valence-electron chi connectivity index (χ4n) is 5.20. The van der Waals surface area contributed by atoms with Crippen LogP contribution in [-0.2, 0) is 18.3 Å². The highest BCUT2D eigenvalue weighted by atomic mass is 32.1. The summed E-state index contributed by atoms with van der Waals surface area (Å²) in [6, 6.07) is 16.5. The molecule has 9 nitrogen and oxygen atoms in total. The molecule has 1 aliphatic heterocycles. The molecule has 0 saturated carbocycles. The quantitative estimate of drug-likeness (QED) is 0.364. The van der Waals surface area contributed by atoms with Gasteiger partial charge in [-0.1, -0.05) is 24.3 Å². The smallest absolute Gasteiger partial charge is 0.258 e. The van der Waals surface area contributed by atoms with Gasteiger partial charge in [0.25, 0.3) is 5.91 Å². The molecular formula is C28H23FN6O3S. The lowest BCUT2D eigenvalue weighted by atomic mass is 10.1. The number of halogens is 1. The van der Waals surface area contributed by atoms with Crippen molar-refractivity contribution in [1.29, 1.82) is 0 Å². The van der Waals surface area contributed by atoms with Gasteiger partial charge < -0.3 is 19.5 Å². The Hall–Kier alpha value is -4.35. The van der Waals surface area contributed by atoms with E-state index in [2.05, 4.69) is 15.3 Å². The Balaban J connectivity index is 1.39. The predicted octanol–water partition coefficient (Wildman–Crippen LogP) is 3.85. The summed E-state index contributed by atoms with van der Waals surface area (Å²) in [5, 5.41) is 2.93. The van der Waals surface area contributed by atoms with Crippen LogP contribution in [0.1, 0.15) is 16.2 Å². The molecule has 0 radical (unpaired) electrons. The van der Waals surface area contributed by atoms with Gasteiger partial charge in [-0.05, 0) is 30.3 Å². The summed E-state index contributed by atoms with van der Waals surface area (Å²) in [5.41, 5.74) is 2.28. The minimum atomic E-state index is -0.605. The summed E-state index contributed by atoms with van der Waals surface area (Å²) in [6.07, 6.45) is 0. The summed E-state index contributed by atoms with van der Waals surface area (Å²) < 4.78 is 25.4. The summed E-state index contributed by atoms with van der Waals surface area (Å²) in [5.74, 6) is -0.322. The second-order valence-electron chi connectivity index (χ2n) is 9.44. The van der Waals surface area contributed by atoms with E-state index in [-0.39, 0.29) is 23.3 Å². The van der Waals surface area contributed by atoms with Gasteiger partial charge >= 0.3 is 0 Å². The summed E-state index contributed by atoms with van der Waals surface area (Å²) >= 11 is 1.33. The van der Waals surface area contributed by atoms with Gasteiger partial charge in [0.2, 0.25) is 5.43 Å². The molecule has 196 valence electrons. The number of carbonyl (C=O) groups excluding carboxylic acids is 1. The number of nitrogens with zero attached hydrogens (tertiary/aromatic N) is 5. The van der Waals surface area contributed by atoms with Crippen LogP contribution in [0.15, 0.2) is 59.4 Å². The van der Waals surface area contributed by atoms with Crippen molar-refractivity contribution >= 4 is 60.2 Å². The van der Waals surface area contributed by atoms with E-state index in [9.17, 15) is 9.59 Å². The van der Waals surface area contributed by atoms with Crippen molar-refractivity contribution in [1.82, 2.24) is 24.3 Å². The largest absolute Gasteiger partial charge is 0.378 e. The van der Waals surface area contributed by atoms with Crippen LogP contribution in [-0.4, -0.2) is 51.1 Å². The van der Waals surface area contributed by atoms with Gasteiger partial charge in [0.1, 0.15) is 16.2 Å². The predicted molar refractivity (Wildman–Crippen MR) is 149 cm³/mol. The fraction of sp³-hybridized carbons (Fsp3) is 0.214. The second kappa shape index (κ2) is 9.14. The number of ether oxygens (including phenoxy) is 1. The van der Waals surface area contributed by atoms with Gasteiger partial charge in [0.15, 0.2) is 17.3 Å². The minimum Gasteiger partial charge on any atom is -0.378 e. The molecule has 0 aliphatic carbocycles. The third-order valence-corrected chi connectivity index (χ3v) is 8.32. The van der Waals surface area contributed by atoms with Crippen LogP contribution < -0.4 is 15.6 Å². The zero-order valence-corrected chi connectivity index (χ0v) is 21.8. The Morgan fingerprint density at radius 1 is 1.08 bits per heavy atom. The van der Waals surface area contributed by atoms with E-state index < -0.39 is 17.2 Å². The molecule has 1 saturated heterocycles. The van der Waals surface area contributed by atoms with Gasteiger partial charge in [-0.2, -0.15) is 0 Å². The molecule has 0 atom stereocenters. The van der Waals surface area contributed by atoms with Crippen molar-refractivity contribution in [3.05, 3.63) is 82.0 Å². The number of rotatable bonds is 4. The van der Waals surface area contributed by atoms with Crippen LogP contribution in [0.3, 0.4) is 0 Å². The zero-order valence-electron chi connectivity index (χ0n) is 21.0. The highest BCUT2D eigenvalue weighted by Gasteiger charge is 2.26. The lowest BCUT2D eigenvalue weighted by molar-refractivity contribution is 0.0950. The molecule has 1 aliphatic rings. The topological polar surface area (TPSA) is 93.8 Å². The van der Waals surface area contributed by atoms with Crippen LogP contribution in [0.4, 0.5) is 10.2 Å². The molecule has 11 heteroatoms. The van der Waals surface area contributed by atoms with E-state index in [1.54, 1.807) is 4.40 Å². The number of aryl methyl sites for hydroxylation is 1. The van der Waals surface area contributed by atoms with Gasteiger partial charge in [-0.3, -0.25) is 14.0 Å². The molecule has 1 amide bonds. The van der Waals surface area contributed by atoms with Gasteiger partial charge in [-0.25, -0.2) is 14.4 Å². The number of aromatic nitrogens is 4. The number of morpholine rings is 1. The molecule has 0 unspecified atom stereocenters. The van der Waals surface area contributed by atoms with Crippen molar-refractivity contribution < 1.29 is 13.9 Å². The Morgan fingerprint density at radius 3 is 2.62 bits per heavy atom. The van der Waals surface area contributed by atoms with Crippen molar-refractivity contribution in [2.24, 2.45) is 7.05 Å². The number of hydrogen-bond acceptors (Lipinski definition) is 7. The maximum Gasteiger partial charge on any atom is 0.258 e. The molecule has 4 aromatic heterocycles. The summed E-state index contributed by atoms with van der Waals surface area (Å²) in [4.78, 5) is 38.9. The average molecular weight is 543 g/mol. The molecule has 7 rings (SSSR count). The first-order chi connectivity index (χ1) is 19.0. The molecular weight excluding hydrogens is 519 g/mol. The highest BCUT2D eigenvalue weighted by Crippen LogP contribution is 2.32. The van der Waals surface area contributed by atoms with Crippen molar-refractivity contribution in [2.45, 2.75) is 6.54 Å². The number of carbonyl (C=O) groups is 1. The van der Waals surface area contributed by atoms with Crippen molar-refractivity contribution in [2.75, 3.05) is 31.2 Å². The lowest BCUT2D eigenvalue weighted by Crippen LogP contribution is -2.37. The first kappa shape index (κ1) is 23.7. The maximum absolute atomic E-state index is 15.4. The Morgan fingerprint density at radius 2 is 1.82 bits per heavy atom. The normalized spacial score (nSPS) is 14.2. The Kier molecular flexibility index (Phi) is 5.56. The summed E-state index contributed by atoms with van der Waals surface area (Å²) in [7, 11) is 1.88. The van der Waals surface area contributed by atoms with Crippen molar-refractivity contribution in [3.63, 3.8) is 0 Å². The standard InChI is InChI=1S/C28H23FN6O3S/c1-33-19-7-3-2-6-18(19)31-22(33)15-30-27(37)23-24(36)16-14-17(29)26(34-10-12-38-13-11-34)32-25(16)35-20-8-4-5-9-21(20)39-28(23)35/h2-9,14H,10-13,15H2,1H3,(H,30,37). The third-order valence-electron chi connectivity index (χ3n) is 7.18. The molecule has 0 bridgehead atoms. The monoisotopic (exact) mass is 542 g/mol. The minimum absolute atomic E-state index is 0.0391. The lowest BCUT2D eigenvalue weighted by Gasteiger charge is -2.28. The number of benzene rings is 2.